The van der Waals surface area contributed by atoms with Crippen molar-refractivity contribution in [3.63, 3.8) is 0 Å². The van der Waals surface area contributed by atoms with Crippen molar-refractivity contribution >= 4 is 34.2 Å². The largest absolute Gasteiger partial charge is 0.508 e. The average molecular weight is 459 g/mol. The maximum absolute atomic E-state index is 13.3. The zero-order valence-electron chi connectivity index (χ0n) is 18.6. The van der Waals surface area contributed by atoms with Gasteiger partial charge in [0.1, 0.15) is 22.8 Å². The van der Waals surface area contributed by atoms with E-state index in [9.17, 15) is 9.90 Å². The Kier molecular flexibility index (Phi) is 6.33. The Labute approximate surface area is 191 Å². The number of phenols is 1. The number of aromatic hydroxyl groups is 1. The molecule has 0 radical (unpaired) electrons. The van der Waals surface area contributed by atoms with Crippen LogP contribution in [0.5, 0.6) is 11.5 Å². The normalized spacial score (nSPS) is 19.3. The number of nitrogens with one attached hydrogen (secondary N) is 1. The lowest BCUT2D eigenvalue weighted by atomic mass is 10.0. The third kappa shape index (κ3) is 4.41. The lowest BCUT2D eigenvalue weighted by Crippen LogP contribution is -2.44. The van der Waals surface area contributed by atoms with Crippen LogP contribution in [-0.4, -0.2) is 48.3 Å². The van der Waals surface area contributed by atoms with Gasteiger partial charge in [-0.15, -0.1) is 0 Å². The summed E-state index contributed by atoms with van der Waals surface area (Å²) in [6.07, 6.45) is 0.183. The van der Waals surface area contributed by atoms with E-state index in [1.54, 1.807) is 37.3 Å². The minimum Gasteiger partial charge on any atom is -0.508 e. The van der Waals surface area contributed by atoms with Crippen molar-refractivity contribution in [3.8, 4) is 11.5 Å². The number of aryl methyl sites for hydroxylation is 1. The maximum Gasteiger partial charge on any atom is 0.259 e. The van der Waals surface area contributed by atoms with Crippen LogP contribution in [0.4, 0.5) is 5.69 Å². The molecule has 0 unspecified atom stereocenters. The van der Waals surface area contributed by atoms with E-state index in [1.807, 2.05) is 13.8 Å². The smallest absolute Gasteiger partial charge is 0.259 e. The van der Waals surface area contributed by atoms with E-state index >= 15 is 0 Å². The van der Waals surface area contributed by atoms with Gasteiger partial charge in [-0.3, -0.25) is 9.69 Å². The summed E-state index contributed by atoms with van der Waals surface area (Å²) < 4.78 is 16.9. The number of benzene rings is 2. The molecule has 8 heteroatoms. The summed E-state index contributed by atoms with van der Waals surface area (Å²) in [5.41, 5.74) is 2.15. The molecule has 1 amide bonds. The zero-order valence-corrected chi connectivity index (χ0v) is 19.3. The number of morpholine rings is 1. The van der Waals surface area contributed by atoms with Crippen molar-refractivity contribution in [2.75, 3.05) is 25.5 Å². The highest BCUT2D eigenvalue weighted by Gasteiger charge is 2.27. The van der Waals surface area contributed by atoms with E-state index in [2.05, 4.69) is 10.2 Å². The molecule has 0 aliphatic carbocycles. The molecule has 2 atom stereocenters. The van der Waals surface area contributed by atoms with Gasteiger partial charge in [0.05, 0.1) is 29.9 Å². The van der Waals surface area contributed by atoms with Crippen LogP contribution in [-0.2, 0) is 11.3 Å². The van der Waals surface area contributed by atoms with E-state index in [1.165, 1.54) is 7.11 Å². The summed E-state index contributed by atoms with van der Waals surface area (Å²) in [6, 6.07) is 8.34. The molecule has 0 bridgehead atoms. The first kappa shape index (κ1) is 22.5. The molecule has 0 spiro atoms. The van der Waals surface area contributed by atoms with Gasteiger partial charge in [-0.25, -0.2) is 0 Å². The van der Waals surface area contributed by atoms with E-state index in [4.69, 9.17) is 25.5 Å². The number of hydrogen-bond acceptors (Lipinski definition) is 6. The number of ether oxygens (including phenoxy) is 2. The van der Waals surface area contributed by atoms with Gasteiger partial charge in [0.2, 0.25) is 0 Å². The second-order valence-corrected chi connectivity index (χ2v) is 8.63. The van der Waals surface area contributed by atoms with Crippen molar-refractivity contribution in [3.05, 3.63) is 52.2 Å². The summed E-state index contributed by atoms with van der Waals surface area (Å²) in [4.78, 5) is 15.5. The molecule has 2 aromatic carbocycles. The predicted molar refractivity (Wildman–Crippen MR) is 124 cm³/mol. The molecule has 2 N–H and O–H groups in total. The van der Waals surface area contributed by atoms with Crippen molar-refractivity contribution in [2.24, 2.45) is 0 Å². The minimum absolute atomic E-state index is 0.0915. The Balaban J connectivity index is 1.70. The van der Waals surface area contributed by atoms with Crippen LogP contribution in [0.1, 0.15) is 35.5 Å². The first-order valence-electron chi connectivity index (χ1n) is 10.5. The molecule has 3 aromatic rings. The van der Waals surface area contributed by atoms with Crippen LogP contribution in [0, 0.1) is 6.92 Å². The number of nitrogens with zero attached hydrogens (tertiary/aromatic N) is 1. The number of carbonyl (C=O) groups excluding carboxylic acids is 1. The highest BCUT2D eigenvalue weighted by atomic mass is 35.5. The van der Waals surface area contributed by atoms with Crippen molar-refractivity contribution in [1.82, 2.24) is 4.90 Å². The average Bonchev–Trinajstić information content (AvgIpc) is 3.06. The number of hydrogen-bond donors (Lipinski definition) is 2. The van der Waals surface area contributed by atoms with E-state index in [0.29, 0.717) is 50.9 Å². The fourth-order valence-corrected chi connectivity index (χ4v) is 4.63. The number of furan rings is 1. The molecular weight excluding hydrogens is 432 g/mol. The SMILES string of the molecule is COc1ccc(NC(=O)c2c(C)oc3ccc(O)c(CN4C[C@@H](C)O[C@@H](C)C4)c23)cc1Cl. The topological polar surface area (TPSA) is 84.2 Å². The van der Waals surface area contributed by atoms with E-state index < -0.39 is 0 Å². The van der Waals surface area contributed by atoms with Crippen molar-refractivity contribution < 1.29 is 23.8 Å². The van der Waals surface area contributed by atoms with Gasteiger partial charge >= 0.3 is 0 Å². The molecule has 1 fully saturated rings. The first-order valence-corrected chi connectivity index (χ1v) is 10.9. The molecule has 1 aliphatic rings. The fourth-order valence-electron chi connectivity index (χ4n) is 4.37. The van der Waals surface area contributed by atoms with E-state index in [-0.39, 0.29) is 23.9 Å². The van der Waals surface area contributed by atoms with Gasteiger partial charge in [-0.2, -0.15) is 0 Å². The summed E-state index contributed by atoms with van der Waals surface area (Å²) >= 11 is 6.20. The summed E-state index contributed by atoms with van der Waals surface area (Å²) in [6.45, 7) is 7.77. The van der Waals surface area contributed by atoms with Crippen LogP contribution in [0.3, 0.4) is 0 Å². The second kappa shape index (κ2) is 9.02. The Hall–Kier alpha value is -2.74. The third-order valence-electron chi connectivity index (χ3n) is 5.63. The number of phenolic OH excluding ortho intramolecular Hbond substituents is 1. The van der Waals surface area contributed by atoms with Gasteiger partial charge < -0.3 is 24.3 Å². The van der Waals surface area contributed by atoms with Crippen molar-refractivity contribution in [2.45, 2.75) is 39.5 Å². The Morgan fingerprint density at radius 3 is 2.62 bits per heavy atom. The van der Waals surface area contributed by atoms with Crippen LogP contribution in [0.2, 0.25) is 5.02 Å². The molecule has 170 valence electrons. The molecule has 1 aromatic heterocycles. The third-order valence-corrected chi connectivity index (χ3v) is 5.92. The summed E-state index contributed by atoms with van der Waals surface area (Å²) in [5.74, 6) is 0.799. The number of halogens is 1. The van der Waals surface area contributed by atoms with Gasteiger partial charge in [0.15, 0.2) is 0 Å². The second-order valence-electron chi connectivity index (χ2n) is 8.22. The highest BCUT2D eigenvalue weighted by Crippen LogP contribution is 2.36. The monoisotopic (exact) mass is 458 g/mol. The number of fused-ring (bicyclic) bond motifs is 1. The molecule has 1 saturated heterocycles. The number of rotatable bonds is 5. The van der Waals surface area contributed by atoms with Gasteiger partial charge in [-0.1, -0.05) is 11.6 Å². The predicted octanol–water partition coefficient (Wildman–Crippen LogP) is 4.97. The van der Waals surface area contributed by atoms with Crippen LogP contribution >= 0.6 is 11.6 Å². The molecule has 1 aliphatic heterocycles. The van der Waals surface area contributed by atoms with Gasteiger partial charge in [0, 0.05) is 36.3 Å². The molecule has 32 heavy (non-hydrogen) atoms. The number of anilines is 1. The standard InChI is InChI=1S/C24H27ClN2O5/c1-13-10-27(11-14(2)31-13)12-17-19(28)6-8-21-23(17)22(15(3)32-21)24(29)26-16-5-7-20(30-4)18(25)9-16/h5-9,13-14,28H,10-12H2,1-4H3,(H,26,29)/t13-,14+. The van der Waals surface area contributed by atoms with Crippen LogP contribution in [0.15, 0.2) is 34.7 Å². The highest BCUT2D eigenvalue weighted by molar-refractivity contribution is 6.32. The quantitative estimate of drug-likeness (QED) is 0.561. The van der Waals surface area contributed by atoms with Crippen molar-refractivity contribution in [1.29, 1.82) is 0 Å². The number of methoxy groups -OCH3 is 1. The lowest BCUT2D eigenvalue weighted by molar-refractivity contribution is -0.0705. The fraction of sp³-hybridized carbons (Fsp3) is 0.375. The molecule has 2 heterocycles. The van der Waals surface area contributed by atoms with Gasteiger partial charge in [-0.05, 0) is 51.1 Å². The summed E-state index contributed by atoms with van der Waals surface area (Å²) in [7, 11) is 1.53. The number of amides is 1. The van der Waals surface area contributed by atoms with Crippen LogP contribution in [0.25, 0.3) is 11.0 Å². The summed E-state index contributed by atoms with van der Waals surface area (Å²) in [5, 5.41) is 14.6. The molecule has 0 saturated carbocycles. The lowest BCUT2D eigenvalue weighted by Gasteiger charge is -2.35. The first-order chi connectivity index (χ1) is 15.3. The number of carbonyl (C=O) groups is 1. The maximum atomic E-state index is 13.3. The van der Waals surface area contributed by atoms with Gasteiger partial charge in [0.25, 0.3) is 5.91 Å². The Bertz CT molecular complexity index is 1150. The Morgan fingerprint density at radius 2 is 1.97 bits per heavy atom. The zero-order chi connectivity index (χ0) is 23.0. The van der Waals surface area contributed by atoms with E-state index in [0.717, 1.165) is 13.1 Å². The Morgan fingerprint density at radius 1 is 1.25 bits per heavy atom. The molecule has 4 rings (SSSR count). The minimum atomic E-state index is -0.335. The van der Waals surface area contributed by atoms with Crippen LogP contribution < -0.4 is 10.1 Å². The molecule has 7 nitrogen and oxygen atoms in total. The molecular formula is C24H27ClN2O5.